The van der Waals surface area contributed by atoms with Crippen molar-refractivity contribution in [2.24, 2.45) is 0 Å². The second kappa shape index (κ2) is 2.03. The van der Waals surface area contributed by atoms with Crippen molar-refractivity contribution in [3.8, 4) is 0 Å². The maximum absolute atomic E-state index is 5.61. The smallest absolute Gasteiger partial charge is 0.224 e. The predicted octanol–water partition coefficient (Wildman–Crippen LogP) is 0.657. The fourth-order valence-corrected chi connectivity index (χ4v) is 1.22. The van der Waals surface area contributed by atoms with E-state index in [0.717, 1.165) is 6.54 Å². The van der Waals surface area contributed by atoms with Crippen LogP contribution in [0, 0.1) is 0 Å². The third-order valence-electron chi connectivity index (χ3n) is 1.06. The number of halogens is 2. The Bertz CT molecular complexity index is 94.0. The van der Waals surface area contributed by atoms with Crippen LogP contribution in [0.1, 0.15) is 6.92 Å². The van der Waals surface area contributed by atoms with Crippen LogP contribution in [0.3, 0.4) is 0 Å². The molecule has 0 aromatic carbocycles. The van der Waals surface area contributed by atoms with Gasteiger partial charge in [0, 0.05) is 12.6 Å². The summed E-state index contributed by atoms with van der Waals surface area (Å²) in [5.41, 5.74) is 0. The van der Waals surface area contributed by atoms with E-state index >= 15 is 0 Å². The van der Waals surface area contributed by atoms with E-state index in [1.165, 1.54) is 0 Å². The molecule has 1 rings (SSSR count). The van der Waals surface area contributed by atoms with Crippen LogP contribution < -0.4 is 10.6 Å². The molecule has 0 saturated carbocycles. The molecule has 2 nitrogen and oxygen atoms in total. The van der Waals surface area contributed by atoms with E-state index in [1.807, 2.05) is 6.92 Å². The fourth-order valence-electron chi connectivity index (χ4n) is 0.693. The molecule has 2 N–H and O–H groups in total. The lowest BCUT2D eigenvalue weighted by Crippen LogP contribution is -2.37. The molecule has 0 radical (unpaired) electrons. The average molecular weight is 155 g/mol. The lowest BCUT2D eigenvalue weighted by molar-refractivity contribution is 0.619. The Labute approximate surface area is 58.5 Å². The molecule has 0 amide bonds. The van der Waals surface area contributed by atoms with Gasteiger partial charge in [-0.05, 0) is 6.92 Å². The molecule has 1 atom stereocenters. The SMILES string of the molecule is CC1CNC(Cl)(Cl)N1. The molecule has 1 fully saturated rings. The minimum Gasteiger partial charge on any atom is -0.272 e. The van der Waals surface area contributed by atoms with Gasteiger partial charge in [-0.3, -0.25) is 10.6 Å². The summed E-state index contributed by atoms with van der Waals surface area (Å²) < 4.78 is -0.889. The highest BCUT2D eigenvalue weighted by Crippen LogP contribution is 2.17. The van der Waals surface area contributed by atoms with E-state index in [9.17, 15) is 0 Å². The zero-order valence-electron chi connectivity index (χ0n) is 4.54. The van der Waals surface area contributed by atoms with E-state index < -0.39 is 4.58 Å². The van der Waals surface area contributed by atoms with Crippen molar-refractivity contribution in [3.63, 3.8) is 0 Å². The molecular weight excluding hydrogens is 147 g/mol. The molecule has 1 unspecified atom stereocenters. The molecule has 1 aliphatic rings. The van der Waals surface area contributed by atoms with E-state index in [4.69, 9.17) is 23.2 Å². The van der Waals surface area contributed by atoms with Gasteiger partial charge in [-0.2, -0.15) is 0 Å². The summed E-state index contributed by atoms with van der Waals surface area (Å²) >= 11 is 11.2. The monoisotopic (exact) mass is 154 g/mol. The molecule has 1 aliphatic heterocycles. The molecule has 8 heavy (non-hydrogen) atoms. The van der Waals surface area contributed by atoms with Gasteiger partial charge < -0.3 is 0 Å². The van der Waals surface area contributed by atoms with E-state index in [1.54, 1.807) is 0 Å². The second-order valence-electron chi connectivity index (χ2n) is 2.00. The first-order valence-corrected chi connectivity index (χ1v) is 3.26. The van der Waals surface area contributed by atoms with Crippen LogP contribution >= 0.6 is 23.2 Å². The molecule has 0 aromatic heterocycles. The number of rotatable bonds is 0. The van der Waals surface area contributed by atoms with Crippen molar-refractivity contribution >= 4 is 23.2 Å². The molecule has 0 aromatic rings. The summed E-state index contributed by atoms with van der Waals surface area (Å²) in [6.07, 6.45) is 0. The van der Waals surface area contributed by atoms with Gasteiger partial charge in [-0.25, -0.2) is 0 Å². The maximum Gasteiger partial charge on any atom is 0.224 e. The average Bonchev–Trinajstić information content (AvgIpc) is 1.82. The first-order valence-electron chi connectivity index (χ1n) is 2.51. The lowest BCUT2D eigenvalue weighted by atomic mass is 10.4. The molecule has 4 heteroatoms. The molecule has 1 heterocycles. The minimum atomic E-state index is -0.889. The highest BCUT2D eigenvalue weighted by molar-refractivity contribution is 6.47. The Hall–Kier alpha value is 0.500. The summed E-state index contributed by atoms with van der Waals surface area (Å²) in [6, 6.07) is 0.366. The first kappa shape index (κ1) is 6.62. The fraction of sp³-hybridized carbons (Fsp3) is 1.00. The number of nitrogens with one attached hydrogen (secondary N) is 2. The Morgan fingerprint density at radius 1 is 1.62 bits per heavy atom. The molecule has 0 spiro atoms. The first-order chi connectivity index (χ1) is 3.60. The zero-order chi connectivity index (χ0) is 6.20. The summed E-state index contributed by atoms with van der Waals surface area (Å²) in [5.74, 6) is 0. The van der Waals surface area contributed by atoms with Gasteiger partial charge in [-0.1, -0.05) is 23.2 Å². The van der Waals surface area contributed by atoms with Crippen LogP contribution in [0.15, 0.2) is 0 Å². The van der Waals surface area contributed by atoms with Gasteiger partial charge in [0.25, 0.3) is 0 Å². The third-order valence-corrected chi connectivity index (χ3v) is 1.54. The topological polar surface area (TPSA) is 24.1 Å². The summed E-state index contributed by atoms with van der Waals surface area (Å²) in [7, 11) is 0. The molecule has 0 aliphatic carbocycles. The summed E-state index contributed by atoms with van der Waals surface area (Å²) in [5, 5.41) is 5.78. The summed E-state index contributed by atoms with van der Waals surface area (Å²) in [4.78, 5) is 0. The van der Waals surface area contributed by atoms with Gasteiger partial charge in [0.05, 0.1) is 0 Å². The molecule has 0 bridgehead atoms. The quantitative estimate of drug-likeness (QED) is 0.396. The lowest BCUT2D eigenvalue weighted by Gasteiger charge is -2.11. The van der Waals surface area contributed by atoms with Crippen LogP contribution in [0.2, 0.25) is 0 Å². The zero-order valence-corrected chi connectivity index (χ0v) is 6.05. The Balaban J connectivity index is 2.44. The van der Waals surface area contributed by atoms with Gasteiger partial charge in [0.2, 0.25) is 4.58 Å². The van der Waals surface area contributed by atoms with Crippen molar-refractivity contribution in [2.45, 2.75) is 17.5 Å². The van der Waals surface area contributed by atoms with Crippen LogP contribution in [0.5, 0.6) is 0 Å². The van der Waals surface area contributed by atoms with Gasteiger partial charge in [0.1, 0.15) is 0 Å². The van der Waals surface area contributed by atoms with Crippen molar-refractivity contribution in [1.82, 2.24) is 10.6 Å². The number of hydrogen-bond acceptors (Lipinski definition) is 2. The molecular formula is C4H8Cl2N2. The highest BCUT2D eigenvalue weighted by atomic mass is 35.5. The standard InChI is InChI=1S/C4H8Cl2N2/c1-3-2-7-4(5,6)8-3/h3,7-8H,2H2,1H3. The van der Waals surface area contributed by atoms with Crippen molar-refractivity contribution in [1.29, 1.82) is 0 Å². The van der Waals surface area contributed by atoms with E-state index in [2.05, 4.69) is 10.6 Å². The van der Waals surface area contributed by atoms with Crippen molar-refractivity contribution in [3.05, 3.63) is 0 Å². The Morgan fingerprint density at radius 3 is 2.38 bits per heavy atom. The molecule has 1 saturated heterocycles. The van der Waals surface area contributed by atoms with Gasteiger partial charge in [0.15, 0.2) is 0 Å². The minimum absolute atomic E-state index is 0.366. The highest BCUT2D eigenvalue weighted by Gasteiger charge is 2.31. The van der Waals surface area contributed by atoms with Gasteiger partial charge in [-0.15, -0.1) is 0 Å². The molecule has 48 valence electrons. The summed E-state index contributed by atoms with van der Waals surface area (Å²) in [6.45, 7) is 2.84. The van der Waals surface area contributed by atoms with Crippen molar-refractivity contribution in [2.75, 3.05) is 6.54 Å². The van der Waals surface area contributed by atoms with E-state index in [-0.39, 0.29) is 0 Å². The Kier molecular flexibility index (Phi) is 1.68. The third kappa shape index (κ3) is 1.49. The Morgan fingerprint density at radius 2 is 2.25 bits per heavy atom. The maximum atomic E-state index is 5.61. The predicted molar refractivity (Wildman–Crippen MR) is 35.0 cm³/mol. The normalized spacial score (nSPS) is 35.6. The van der Waals surface area contributed by atoms with Crippen molar-refractivity contribution < 1.29 is 0 Å². The van der Waals surface area contributed by atoms with Crippen LogP contribution in [0.4, 0.5) is 0 Å². The van der Waals surface area contributed by atoms with E-state index in [0.29, 0.717) is 6.04 Å². The van der Waals surface area contributed by atoms with Crippen LogP contribution in [0.25, 0.3) is 0 Å². The van der Waals surface area contributed by atoms with Crippen LogP contribution in [-0.2, 0) is 0 Å². The van der Waals surface area contributed by atoms with Crippen LogP contribution in [-0.4, -0.2) is 17.2 Å². The largest absolute Gasteiger partial charge is 0.272 e. The number of alkyl halides is 2. The number of hydrogen-bond donors (Lipinski definition) is 2. The van der Waals surface area contributed by atoms with Gasteiger partial charge >= 0.3 is 0 Å². The second-order valence-corrected chi connectivity index (χ2v) is 3.33.